The zero-order valence-electron chi connectivity index (χ0n) is 8.30. The second kappa shape index (κ2) is 4.30. The molecule has 7 heteroatoms. The summed E-state index contributed by atoms with van der Waals surface area (Å²) in [5, 5.41) is -0.512. The average molecular weight is 233 g/mol. The molecular weight excluding hydrogens is 218 g/mol. The molecule has 1 amide bonds. The van der Waals surface area contributed by atoms with Crippen molar-refractivity contribution in [3.8, 4) is 0 Å². The van der Waals surface area contributed by atoms with Crippen molar-refractivity contribution in [1.82, 2.24) is 4.41 Å². The topological polar surface area (TPSA) is 106 Å². The molecule has 4 N–H and O–H groups in total. The van der Waals surface area contributed by atoms with Crippen LogP contribution in [0, 0.1) is 0 Å². The number of nitrogens with two attached hydrogens (primary N) is 2. The van der Waals surface area contributed by atoms with Gasteiger partial charge in [0.2, 0.25) is 0 Å². The van der Waals surface area contributed by atoms with Gasteiger partial charge in [0.25, 0.3) is 15.9 Å². The van der Waals surface area contributed by atoms with Crippen LogP contribution in [-0.2, 0) is 14.8 Å². The molecule has 0 radical (unpaired) electrons. The number of carbonyl (C=O) groups excluding carboxylic acids is 1. The van der Waals surface area contributed by atoms with Crippen LogP contribution in [0.5, 0.6) is 0 Å². The highest BCUT2D eigenvalue weighted by Crippen LogP contribution is 2.29. The van der Waals surface area contributed by atoms with Crippen LogP contribution in [-0.4, -0.2) is 30.0 Å². The molecule has 0 aromatic rings. The number of sulfonamides is 1. The minimum Gasteiger partial charge on any atom is -0.320 e. The molecule has 6 nitrogen and oxygen atoms in total. The van der Waals surface area contributed by atoms with Crippen molar-refractivity contribution in [2.75, 3.05) is 0 Å². The summed E-state index contributed by atoms with van der Waals surface area (Å²) in [6.07, 6.45) is 2.76. The van der Waals surface area contributed by atoms with Crippen molar-refractivity contribution in [2.24, 2.45) is 11.6 Å². The van der Waals surface area contributed by atoms with Gasteiger partial charge in [-0.3, -0.25) is 4.79 Å². The number of hydrogen-bond donors (Lipinski definition) is 2. The summed E-state index contributed by atoms with van der Waals surface area (Å²) >= 11 is 0. The first kappa shape index (κ1) is 12.2. The van der Waals surface area contributed by atoms with Crippen LogP contribution in [0.15, 0.2) is 12.7 Å². The van der Waals surface area contributed by atoms with Gasteiger partial charge in [-0.15, -0.1) is 6.58 Å². The minimum atomic E-state index is -3.68. The van der Waals surface area contributed by atoms with Crippen LogP contribution >= 0.6 is 0 Å². The molecule has 1 aliphatic carbocycles. The van der Waals surface area contributed by atoms with E-state index in [0.29, 0.717) is 12.8 Å². The number of rotatable bonds is 5. The van der Waals surface area contributed by atoms with Crippen LogP contribution < -0.4 is 11.6 Å². The maximum absolute atomic E-state index is 11.5. The van der Waals surface area contributed by atoms with Gasteiger partial charge in [-0.25, -0.2) is 14.3 Å². The summed E-state index contributed by atoms with van der Waals surface area (Å²) in [7, 11) is -3.68. The first-order chi connectivity index (χ1) is 6.91. The Morgan fingerprint density at radius 2 is 2.13 bits per heavy atom. The van der Waals surface area contributed by atoms with Crippen molar-refractivity contribution in [3.05, 3.63) is 12.7 Å². The lowest BCUT2D eigenvalue weighted by Gasteiger charge is -2.19. The molecule has 15 heavy (non-hydrogen) atoms. The standard InChI is InChI=1S/C8H15N3O3S/c1-2-3-7(9)8(12)11(10)15(13,14)6-4-5-6/h2,6-7H,1,3-5,9-10H2. The lowest BCUT2D eigenvalue weighted by molar-refractivity contribution is -0.127. The normalized spacial score (nSPS) is 18.3. The zero-order valence-corrected chi connectivity index (χ0v) is 9.11. The predicted octanol–water partition coefficient (Wildman–Crippen LogP) is -0.916. The van der Waals surface area contributed by atoms with Crippen molar-refractivity contribution < 1.29 is 13.2 Å². The van der Waals surface area contributed by atoms with Gasteiger partial charge in [-0.2, -0.15) is 4.41 Å². The zero-order chi connectivity index (χ0) is 11.6. The van der Waals surface area contributed by atoms with Crippen molar-refractivity contribution >= 4 is 15.9 Å². The van der Waals surface area contributed by atoms with E-state index in [-0.39, 0.29) is 10.8 Å². The van der Waals surface area contributed by atoms with Gasteiger partial charge in [0.15, 0.2) is 0 Å². The van der Waals surface area contributed by atoms with Gasteiger partial charge in [0.1, 0.15) is 0 Å². The third-order valence-corrected chi connectivity index (χ3v) is 4.22. The van der Waals surface area contributed by atoms with E-state index in [1.165, 1.54) is 6.08 Å². The highest BCUT2D eigenvalue weighted by Gasteiger charge is 2.42. The van der Waals surface area contributed by atoms with E-state index in [4.69, 9.17) is 11.6 Å². The molecule has 1 aliphatic rings. The Morgan fingerprint density at radius 1 is 1.60 bits per heavy atom. The van der Waals surface area contributed by atoms with Gasteiger partial charge < -0.3 is 5.73 Å². The molecule has 0 heterocycles. The SMILES string of the molecule is C=CCC(N)C(=O)N(N)S(=O)(=O)C1CC1. The number of nitrogens with zero attached hydrogens (tertiary/aromatic N) is 1. The van der Waals surface area contributed by atoms with Crippen LogP contribution in [0.4, 0.5) is 0 Å². The molecule has 86 valence electrons. The Balaban J connectivity index is 2.71. The van der Waals surface area contributed by atoms with Gasteiger partial charge in [-0.1, -0.05) is 6.08 Å². The van der Waals surface area contributed by atoms with E-state index in [1.807, 2.05) is 0 Å². The van der Waals surface area contributed by atoms with E-state index in [1.54, 1.807) is 0 Å². The van der Waals surface area contributed by atoms with Crippen LogP contribution in [0.2, 0.25) is 0 Å². The second-order valence-electron chi connectivity index (χ2n) is 3.51. The fourth-order valence-electron chi connectivity index (χ4n) is 1.10. The summed E-state index contributed by atoms with van der Waals surface area (Å²) in [5.74, 6) is 4.46. The predicted molar refractivity (Wildman–Crippen MR) is 55.8 cm³/mol. The third kappa shape index (κ3) is 2.55. The maximum Gasteiger partial charge on any atom is 0.267 e. The average Bonchev–Trinajstić information content (AvgIpc) is 2.99. The van der Waals surface area contributed by atoms with Gasteiger partial charge in [0, 0.05) is 0 Å². The summed E-state index contributed by atoms with van der Waals surface area (Å²) in [6.45, 7) is 3.41. The largest absolute Gasteiger partial charge is 0.320 e. The molecule has 1 saturated carbocycles. The molecule has 1 unspecified atom stereocenters. The molecule has 0 spiro atoms. The van der Waals surface area contributed by atoms with E-state index in [2.05, 4.69) is 6.58 Å². The molecule has 1 rings (SSSR count). The van der Waals surface area contributed by atoms with Gasteiger partial charge in [0.05, 0.1) is 11.3 Å². The van der Waals surface area contributed by atoms with Gasteiger partial charge in [-0.05, 0) is 19.3 Å². The molecule has 0 saturated heterocycles. The number of hydrazine groups is 1. The van der Waals surface area contributed by atoms with E-state index >= 15 is 0 Å². The Labute approximate surface area is 88.9 Å². The van der Waals surface area contributed by atoms with Crippen LogP contribution in [0.3, 0.4) is 0 Å². The Kier molecular flexibility index (Phi) is 3.48. The molecule has 1 fully saturated rings. The monoisotopic (exact) mass is 233 g/mol. The van der Waals surface area contributed by atoms with Crippen molar-refractivity contribution in [2.45, 2.75) is 30.6 Å². The Hall–Kier alpha value is -0.920. The first-order valence-electron chi connectivity index (χ1n) is 4.60. The highest BCUT2D eigenvalue weighted by atomic mass is 32.2. The fraction of sp³-hybridized carbons (Fsp3) is 0.625. The summed E-state index contributed by atoms with van der Waals surface area (Å²) in [5.41, 5.74) is 5.44. The van der Waals surface area contributed by atoms with Crippen LogP contribution in [0.25, 0.3) is 0 Å². The number of hydrogen-bond acceptors (Lipinski definition) is 5. The molecule has 0 aromatic carbocycles. The Morgan fingerprint density at radius 3 is 2.53 bits per heavy atom. The highest BCUT2D eigenvalue weighted by molar-refractivity contribution is 7.90. The summed E-state index contributed by atoms with van der Waals surface area (Å²) in [4.78, 5) is 11.5. The quantitative estimate of drug-likeness (QED) is 0.276. The smallest absolute Gasteiger partial charge is 0.267 e. The molecule has 0 bridgehead atoms. The lowest BCUT2D eigenvalue weighted by atomic mass is 10.2. The minimum absolute atomic E-state index is 0.201. The van der Waals surface area contributed by atoms with Crippen molar-refractivity contribution in [3.63, 3.8) is 0 Å². The molecule has 0 aliphatic heterocycles. The van der Waals surface area contributed by atoms with E-state index in [0.717, 1.165) is 0 Å². The number of amides is 1. The number of carbonyl (C=O) groups is 1. The van der Waals surface area contributed by atoms with Crippen molar-refractivity contribution in [1.29, 1.82) is 0 Å². The summed E-state index contributed by atoms with van der Waals surface area (Å²) < 4.78 is 23.4. The Bertz CT molecular complexity index is 361. The first-order valence-corrected chi connectivity index (χ1v) is 6.10. The lowest BCUT2D eigenvalue weighted by Crippen LogP contribution is -2.51. The second-order valence-corrected chi connectivity index (χ2v) is 5.60. The van der Waals surface area contributed by atoms with Gasteiger partial charge >= 0.3 is 0 Å². The third-order valence-electron chi connectivity index (χ3n) is 2.17. The molecular formula is C8H15N3O3S. The fourth-order valence-corrected chi connectivity index (χ4v) is 2.53. The summed E-state index contributed by atoms with van der Waals surface area (Å²) in [6, 6.07) is -0.943. The van der Waals surface area contributed by atoms with E-state index in [9.17, 15) is 13.2 Å². The maximum atomic E-state index is 11.5. The molecule has 1 atom stereocenters. The van der Waals surface area contributed by atoms with Crippen LogP contribution in [0.1, 0.15) is 19.3 Å². The van der Waals surface area contributed by atoms with E-state index < -0.39 is 27.2 Å². The molecule has 0 aromatic heterocycles.